The van der Waals surface area contributed by atoms with Crippen LogP contribution in [0.3, 0.4) is 0 Å². The van der Waals surface area contributed by atoms with Gasteiger partial charge in [-0.1, -0.05) is 12.1 Å². The Balaban J connectivity index is 1.97. The van der Waals surface area contributed by atoms with Gasteiger partial charge < -0.3 is 5.32 Å². The van der Waals surface area contributed by atoms with E-state index in [2.05, 4.69) is 5.32 Å². The number of carbonyl (C=O) groups is 1. The maximum absolute atomic E-state index is 13.0. The number of carbonyl (C=O) groups excluding carboxylic acids is 1. The van der Waals surface area contributed by atoms with E-state index in [9.17, 15) is 26.4 Å². The molecule has 0 atom stereocenters. The number of anilines is 2. The number of fused-ring (bicyclic) bond motifs is 1. The number of halogens is 3. The maximum atomic E-state index is 13.0. The minimum Gasteiger partial charge on any atom is -0.326 e. The van der Waals surface area contributed by atoms with Crippen molar-refractivity contribution in [3.63, 3.8) is 0 Å². The summed E-state index contributed by atoms with van der Waals surface area (Å²) in [6, 6.07) is 8.22. The number of hydrogen-bond acceptors (Lipinski definition) is 3. The minimum absolute atomic E-state index is 0.0256. The molecule has 0 saturated heterocycles. The van der Waals surface area contributed by atoms with Crippen molar-refractivity contribution in [3.8, 4) is 0 Å². The molecule has 126 valence electrons. The molecular weight excluding hydrogens is 345 g/mol. The van der Waals surface area contributed by atoms with Gasteiger partial charge in [0, 0.05) is 5.69 Å². The van der Waals surface area contributed by atoms with Crippen molar-refractivity contribution >= 4 is 27.3 Å². The van der Waals surface area contributed by atoms with E-state index in [0.29, 0.717) is 11.3 Å². The lowest BCUT2D eigenvalue weighted by molar-refractivity contribution is -0.136. The molecule has 1 amide bonds. The zero-order valence-corrected chi connectivity index (χ0v) is 12.8. The molecule has 1 aliphatic rings. The summed E-state index contributed by atoms with van der Waals surface area (Å²) in [5.74, 6) is -0.269. The Morgan fingerprint density at radius 2 is 1.79 bits per heavy atom. The third kappa shape index (κ3) is 3.07. The highest BCUT2D eigenvalue weighted by Gasteiger charge is 2.34. The van der Waals surface area contributed by atoms with E-state index >= 15 is 0 Å². The molecule has 2 N–H and O–H groups in total. The lowest BCUT2D eigenvalue weighted by Crippen LogP contribution is -2.17. The second-order valence-electron chi connectivity index (χ2n) is 5.19. The Kier molecular flexibility index (Phi) is 3.75. The third-order valence-corrected chi connectivity index (χ3v) is 4.85. The van der Waals surface area contributed by atoms with Crippen molar-refractivity contribution in [1.82, 2.24) is 0 Å². The van der Waals surface area contributed by atoms with E-state index in [1.807, 2.05) is 4.72 Å². The van der Waals surface area contributed by atoms with Crippen LogP contribution in [-0.2, 0) is 27.4 Å². The normalized spacial score (nSPS) is 14.2. The molecule has 0 aromatic heterocycles. The number of rotatable bonds is 3. The average Bonchev–Trinajstić information content (AvgIpc) is 2.85. The fraction of sp³-hybridized carbons (Fsp3) is 0.133. The van der Waals surface area contributed by atoms with E-state index in [1.54, 1.807) is 0 Å². The van der Waals surface area contributed by atoms with Gasteiger partial charge in [-0.25, -0.2) is 8.42 Å². The molecule has 5 nitrogen and oxygen atoms in total. The van der Waals surface area contributed by atoms with Gasteiger partial charge in [0.25, 0.3) is 10.0 Å². The lowest BCUT2D eigenvalue weighted by Gasteiger charge is -2.15. The molecule has 0 unspecified atom stereocenters. The van der Waals surface area contributed by atoms with Crippen LogP contribution in [0.2, 0.25) is 0 Å². The molecule has 3 rings (SSSR count). The molecule has 2 aromatic carbocycles. The average molecular weight is 356 g/mol. The monoisotopic (exact) mass is 356 g/mol. The van der Waals surface area contributed by atoms with Crippen LogP contribution in [0.1, 0.15) is 11.1 Å². The summed E-state index contributed by atoms with van der Waals surface area (Å²) in [4.78, 5) is 11.1. The highest BCUT2D eigenvalue weighted by molar-refractivity contribution is 7.92. The molecule has 0 aliphatic carbocycles. The highest BCUT2D eigenvalue weighted by atomic mass is 32.2. The fourth-order valence-corrected chi connectivity index (χ4v) is 3.53. The summed E-state index contributed by atoms with van der Waals surface area (Å²) in [5, 5.41) is 2.55. The van der Waals surface area contributed by atoms with E-state index in [4.69, 9.17) is 0 Å². The molecule has 24 heavy (non-hydrogen) atoms. The molecule has 9 heteroatoms. The first kappa shape index (κ1) is 16.3. The summed E-state index contributed by atoms with van der Waals surface area (Å²) in [6.07, 6.45) is -4.66. The minimum atomic E-state index is -4.69. The van der Waals surface area contributed by atoms with Crippen molar-refractivity contribution in [3.05, 3.63) is 53.6 Å². The second kappa shape index (κ2) is 5.52. The molecule has 0 radical (unpaired) electrons. The van der Waals surface area contributed by atoms with Gasteiger partial charge in [-0.3, -0.25) is 9.52 Å². The Labute approximate surface area is 135 Å². The number of amides is 1. The number of nitrogens with one attached hydrogen (secondary N) is 2. The lowest BCUT2D eigenvalue weighted by atomic mass is 10.2. The van der Waals surface area contributed by atoms with Crippen molar-refractivity contribution in [2.45, 2.75) is 17.5 Å². The maximum Gasteiger partial charge on any atom is 0.418 e. The highest BCUT2D eigenvalue weighted by Crippen LogP contribution is 2.35. The fourth-order valence-electron chi connectivity index (χ4n) is 2.40. The first-order chi connectivity index (χ1) is 11.2. The van der Waals surface area contributed by atoms with E-state index in [1.165, 1.54) is 30.3 Å². The summed E-state index contributed by atoms with van der Waals surface area (Å²) in [7, 11) is -4.22. The number of hydrogen-bond donors (Lipinski definition) is 2. The quantitative estimate of drug-likeness (QED) is 0.888. The van der Waals surface area contributed by atoms with E-state index < -0.39 is 27.5 Å². The van der Waals surface area contributed by atoms with Gasteiger partial charge in [-0.2, -0.15) is 13.2 Å². The van der Waals surface area contributed by atoms with Gasteiger partial charge in [-0.15, -0.1) is 0 Å². The van der Waals surface area contributed by atoms with Gasteiger partial charge in [0.2, 0.25) is 5.91 Å². The summed E-state index contributed by atoms with van der Waals surface area (Å²) in [6.45, 7) is 0. The summed E-state index contributed by atoms with van der Waals surface area (Å²) < 4.78 is 65.6. The topological polar surface area (TPSA) is 75.3 Å². The summed E-state index contributed by atoms with van der Waals surface area (Å²) in [5.41, 5.74) is -0.659. The Morgan fingerprint density at radius 1 is 1.08 bits per heavy atom. The van der Waals surface area contributed by atoms with Gasteiger partial charge >= 0.3 is 6.18 Å². The van der Waals surface area contributed by atoms with Gasteiger partial charge in [0.05, 0.1) is 22.6 Å². The van der Waals surface area contributed by atoms with Crippen molar-refractivity contribution < 1.29 is 26.4 Å². The summed E-state index contributed by atoms with van der Waals surface area (Å²) >= 11 is 0. The van der Waals surface area contributed by atoms with Crippen molar-refractivity contribution in [2.24, 2.45) is 0 Å². The van der Waals surface area contributed by atoms with Crippen LogP contribution in [0.5, 0.6) is 0 Å². The van der Waals surface area contributed by atoms with Crippen molar-refractivity contribution in [2.75, 3.05) is 10.0 Å². The number of para-hydroxylation sites is 1. The van der Waals surface area contributed by atoms with Crippen LogP contribution in [-0.4, -0.2) is 14.3 Å². The first-order valence-corrected chi connectivity index (χ1v) is 8.27. The predicted molar refractivity (Wildman–Crippen MR) is 81.0 cm³/mol. The molecular formula is C15H11F3N2O3S. The zero-order valence-electron chi connectivity index (χ0n) is 12.0. The second-order valence-corrected chi connectivity index (χ2v) is 6.88. The SMILES string of the molecule is O=C1Cc2cc(S(=O)(=O)Nc3ccccc3C(F)(F)F)ccc2N1. The van der Waals surface area contributed by atoms with Crippen molar-refractivity contribution in [1.29, 1.82) is 0 Å². The van der Waals surface area contributed by atoms with E-state index in [-0.39, 0.29) is 17.2 Å². The molecule has 1 heterocycles. The number of alkyl halides is 3. The Hall–Kier alpha value is -2.55. The molecule has 0 bridgehead atoms. The van der Waals surface area contributed by atoms with Gasteiger partial charge in [-0.05, 0) is 35.9 Å². The zero-order chi connectivity index (χ0) is 17.5. The molecule has 0 fully saturated rings. The van der Waals surface area contributed by atoms with Crippen LogP contribution in [0.15, 0.2) is 47.4 Å². The molecule has 0 saturated carbocycles. The standard InChI is InChI=1S/C15H11F3N2O3S/c16-15(17,18)11-3-1-2-4-13(11)20-24(22,23)10-5-6-12-9(7-10)8-14(21)19-12/h1-7,20H,8H2,(H,19,21). The van der Waals surface area contributed by atoms with Crippen LogP contribution in [0.25, 0.3) is 0 Å². The smallest absolute Gasteiger partial charge is 0.326 e. The first-order valence-electron chi connectivity index (χ1n) is 6.79. The van der Waals surface area contributed by atoms with Gasteiger partial charge in [0.15, 0.2) is 0 Å². The van der Waals surface area contributed by atoms with Crippen LogP contribution < -0.4 is 10.0 Å². The van der Waals surface area contributed by atoms with Crippen LogP contribution in [0, 0.1) is 0 Å². The van der Waals surface area contributed by atoms with Crippen LogP contribution >= 0.6 is 0 Å². The Bertz CT molecular complexity index is 924. The largest absolute Gasteiger partial charge is 0.418 e. The van der Waals surface area contributed by atoms with Gasteiger partial charge in [0.1, 0.15) is 0 Å². The molecule has 0 spiro atoms. The van der Waals surface area contributed by atoms with Crippen LogP contribution in [0.4, 0.5) is 24.5 Å². The Morgan fingerprint density at radius 3 is 2.50 bits per heavy atom. The third-order valence-electron chi connectivity index (χ3n) is 3.49. The number of benzene rings is 2. The predicted octanol–water partition coefficient (Wildman–Crippen LogP) is 3.00. The number of sulfonamides is 1. The molecule has 1 aliphatic heterocycles. The van der Waals surface area contributed by atoms with E-state index in [0.717, 1.165) is 12.1 Å². The molecule has 2 aromatic rings.